The number of benzene rings is 1. The Morgan fingerprint density at radius 2 is 1.91 bits per heavy atom. The van der Waals surface area contributed by atoms with Gasteiger partial charge in [0.15, 0.2) is 0 Å². The smallest absolute Gasteiger partial charge is 0.290 e. The molecule has 1 aromatic rings. The lowest BCUT2D eigenvalue weighted by atomic mass is 9.87. The van der Waals surface area contributed by atoms with Crippen LogP contribution in [0.15, 0.2) is 23.1 Å². The van der Waals surface area contributed by atoms with Crippen molar-refractivity contribution in [1.82, 2.24) is 5.32 Å². The van der Waals surface area contributed by atoms with Crippen LogP contribution < -0.4 is 10.2 Å². The summed E-state index contributed by atoms with van der Waals surface area (Å²) in [5.41, 5.74) is 5.60. The molecule has 1 fully saturated rings. The molecule has 5 heteroatoms. The van der Waals surface area contributed by atoms with Gasteiger partial charge in [-0.25, -0.2) is 0 Å². The van der Waals surface area contributed by atoms with E-state index in [1.807, 2.05) is 6.92 Å². The van der Waals surface area contributed by atoms with Crippen molar-refractivity contribution in [1.29, 1.82) is 0 Å². The van der Waals surface area contributed by atoms with Gasteiger partial charge in [0.25, 0.3) is 11.1 Å². The van der Waals surface area contributed by atoms with Gasteiger partial charge in [0.2, 0.25) is 0 Å². The zero-order chi connectivity index (χ0) is 16.9. The number of allylic oxidation sites excluding steroid dienone is 1. The first-order valence-corrected chi connectivity index (χ1v) is 8.34. The summed E-state index contributed by atoms with van der Waals surface area (Å²) in [7, 11) is 2.10. The van der Waals surface area contributed by atoms with Crippen molar-refractivity contribution in [2.45, 2.75) is 33.2 Å². The molecule has 1 saturated heterocycles. The van der Waals surface area contributed by atoms with Crippen molar-refractivity contribution >= 4 is 40.2 Å². The third kappa shape index (κ3) is 2.70. The Labute approximate surface area is 140 Å². The second kappa shape index (κ2) is 5.27. The fraction of sp³-hybridized carbons (Fsp3) is 0.333. The van der Waals surface area contributed by atoms with E-state index < -0.39 is 0 Å². The molecular weight excluding hydrogens is 308 g/mol. The van der Waals surface area contributed by atoms with Crippen molar-refractivity contribution in [3.8, 4) is 0 Å². The summed E-state index contributed by atoms with van der Waals surface area (Å²) >= 11 is 0.952. The zero-order valence-corrected chi connectivity index (χ0v) is 14.8. The van der Waals surface area contributed by atoms with E-state index in [2.05, 4.69) is 56.2 Å². The lowest BCUT2D eigenvalue weighted by molar-refractivity contribution is -0.115. The van der Waals surface area contributed by atoms with Gasteiger partial charge in [0.05, 0.1) is 10.4 Å². The molecule has 1 aromatic carbocycles. The molecule has 2 aliphatic rings. The molecule has 120 valence electrons. The third-order valence-electron chi connectivity index (χ3n) is 4.53. The fourth-order valence-corrected chi connectivity index (χ4v) is 3.71. The quantitative estimate of drug-likeness (QED) is 0.793. The first kappa shape index (κ1) is 15.9. The Balaban J connectivity index is 2.10. The molecule has 1 N–H and O–H groups in total. The largest absolute Gasteiger partial charge is 0.365 e. The number of hydrogen-bond donors (Lipinski definition) is 1. The monoisotopic (exact) mass is 328 g/mol. The molecule has 0 saturated carbocycles. The van der Waals surface area contributed by atoms with Crippen LogP contribution in [0.5, 0.6) is 0 Å². The minimum absolute atomic E-state index is 0.0306. The number of carbonyl (C=O) groups is 2. The molecule has 0 radical (unpaired) electrons. The van der Waals surface area contributed by atoms with Gasteiger partial charge in [-0.1, -0.05) is 6.08 Å². The number of amides is 2. The Hall–Kier alpha value is -2.01. The highest BCUT2D eigenvalue weighted by Gasteiger charge is 2.29. The normalized spacial score (nSPS) is 21.3. The molecule has 0 bridgehead atoms. The number of hydrogen-bond acceptors (Lipinski definition) is 4. The second-order valence-corrected chi connectivity index (χ2v) is 7.63. The average molecular weight is 328 g/mol. The van der Waals surface area contributed by atoms with Crippen LogP contribution in [0, 0.1) is 6.92 Å². The molecule has 23 heavy (non-hydrogen) atoms. The van der Waals surface area contributed by atoms with Crippen molar-refractivity contribution in [3.05, 3.63) is 39.8 Å². The number of thioether (sulfide) groups is 1. The number of fused-ring (bicyclic) bond motifs is 1. The van der Waals surface area contributed by atoms with Crippen LogP contribution in [0.4, 0.5) is 10.5 Å². The van der Waals surface area contributed by atoms with Crippen LogP contribution in [0.3, 0.4) is 0 Å². The lowest BCUT2D eigenvalue weighted by Crippen LogP contribution is -2.42. The standard InChI is InChI=1S/C18H20N2O2S/c1-10-6-14-13(11(2)9-18(3,4)20(14)5)7-12(10)8-15-16(21)19-17(22)23-15/h6-9H,1-5H3,(H,19,21,22)/b15-8+. The van der Waals surface area contributed by atoms with Crippen LogP contribution in [0.25, 0.3) is 11.6 Å². The van der Waals surface area contributed by atoms with Crippen LogP contribution in [-0.4, -0.2) is 23.7 Å². The van der Waals surface area contributed by atoms with E-state index in [0.29, 0.717) is 4.91 Å². The minimum Gasteiger partial charge on any atom is -0.365 e. The van der Waals surface area contributed by atoms with Gasteiger partial charge in [0.1, 0.15) is 0 Å². The SMILES string of the molecule is CC1=CC(C)(C)N(C)c2cc(C)c(/C=C3/SC(=O)NC3=O)cc21. The Morgan fingerprint density at radius 1 is 1.22 bits per heavy atom. The van der Waals surface area contributed by atoms with E-state index in [4.69, 9.17) is 0 Å². The van der Waals surface area contributed by atoms with Crippen LogP contribution in [0.2, 0.25) is 0 Å². The number of rotatable bonds is 1. The first-order chi connectivity index (χ1) is 10.7. The lowest BCUT2D eigenvalue weighted by Gasteiger charge is -2.41. The summed E-state index contributed by atoms with van der Waals surface area (Å²) in [5, 5.41) is 1.98. The topological polar surface area (TPSA) is 49.4 Å². The van der Waals surface area contributed by atoms with Gasteiger partial charge in [0, 0.05) is 18.3 Å². The number of nitrogens with one attached hydrogen (secondary N) is 1. The van der Waals surface area contributed by atoms with E-state index in [0.717, 1.165) is 22.9 Å². The molecule has 0 spiro atoms. The number of anilines is 1. The Bertz CT molecular complexity index is 790. The van der Waals surface area contributed by atoms with E-state index in [9.17, 15) is 9.59 Å². The van der Waals surface area contributed by atoms with Gasteiger partial charge in [-0.05, 0) is 74.4 Å². The van der Waals surface area contributed by atoms with Crippen LogP contribution in [-0.2, 0) is 4.79 Å². The number of nitrogens with zero attached hydrogens (tertiary/aromatic N) is 1. The first-order valence-electron chi connectivity index (χ1n) is 7.52. The zero-order valence-electron chi connectivity index (χ0n) is 14.0. The number of imide groups is 1. The molecule has 3 rings (SSSR count). The van der Waals surface area contributed by atoms with Gasteiger partial charge in [-0.15, -0.1) is 0 Å². The summed E-state index contributed by atoms with van der Waals surface area (Å²) in [6, 6.07) is 4.26. The van der Waals surface area contributed by atoms with Gasteiger partial charge >= 0.3 is 0 Å². The number of likely N-dealkylation sites (N-methyl/N-ethyl adjacent to an activating group) is 1. The van der Waals surface area contributed by atoms with E-state index in [-0.39, 0.29) is 16.7 Å². The predicted molar refractivity (Wildman–Crippen MR) is 96.4 cm³/mol. The third-order valence-corrected chi connectivity index (χ3v) is 5.34. The fourth-order valence-electron chi connectivity index (χ4n) is 3.04. The molecule has 2 heterocycles. The van der Waals surface area contributed by atoms with Gasteiger partial charge in [-0.3, -0.25) is 14.9 Å². The maximum Gasteiger partial charge on any atom is 0.290 e. The maximum absolute atomic E-state index is 11.7. The summed E-state index contributed by atoms with van der Waals surface area (Å²) in [6.07, 6.45) is 4.05. The summed E-state index contributed by atoms with van der Waals surface area (Å²) in [5.74, 6) is -0.317. The average Bonchev–Trinajstić information content (AvgIpc) is 2.76. The molecule has 0 unspecified atom stereocenters. The molecule has 0 aliphatic carbocycles. The van der Waals surface area contributed by atoms with Crippen LogP contribution in [0.1, 0.15) is 37.5 Å². The van der Waals surface area contributed by atoms with Crippen molar-refractivity contribution < 1.29 is 9.59 Å². The van der Waals surface area contributed by atoms with Crippen molar-refractivity contribution in [3.63, 3.8) is 0 Å². The minimum atomic E-state index is -0.317. The highest BCUT2D eigenvalue weighted by atomic mass is 32.2. The summed E-state index contributed by atoms with van der Waals surface area (Å²) in [6.45, 7) is 8.52. The molecule has 2 aliphatic heterocycles. The molecule has 4 nitrogen and oxygen atoms in total. The van der Waals surface area contributed by atoms with Crippen molar-refractivity contribution in [2.24, 2.45) is 0 Å². The van der Waals surface area contributed by atoms with Gasteiger partial charge < -0.3 is 4.90 Å². The highest BCUT2D eigenvalue weighted by Crippen LogP contribution is 2.40. The maximum atomic E-state index is 11.7. The number of aryl methyl sites for hydroxylation is 1. The van der Waals surface area contributed by atoms with E-state index in [1.165, 1.54) is 16.8 Å². The highest BCUT2D eigenvalue weighted by molar-refractivity contribution is 8.18. The molecule has 0 atom stereocenters. The second-order valence-electron chi connectivity index (χ2n) is 6.62. The van der Waals surface area contributed by atoms with E-state index >= 15 is 0 Å². The molecule has 2 amide bonds. The Morgan fingerprint density at radius 3 is 2.52 bits per heavy atom. The van der Waals surface area contributed by atoms with Crippen molar-refractivity contribution in [2.75, 3.05) is 11.9 Å². The molecule has 0 aromatic heterocycles. The number of carbonyl (C=O) groups excluding carboxylic acids is 2. The summed E-state index contributed by atoms with van der Waals surface area (Å²) < 4.78 is 0. The predicted octanol–water partition coefficient (Wildman–Crippen LogP) is 3.95. The van der Waals surface area contributed by atoms with Crippen LogP contribution >= 0.6 is 11.8 Å². The summed E-state index contributed by atoms with van der Waals surface area (Å²) in [4.78, 5) is 25.8. The Kier molecular flexibility index (Phi) is 3.64. The van der Waals surface area contributed by atoms with Gasteiger partial charge in [-0.2, -0.15) is 0 Å². The van der Waals surface area contributed by atoms with E-state index in [1.54, 1.807) is 6.08 Å². The molecular formula is C18H20N2O2S.